The molecular weight excluding hydrogens is 198 g/mol. The van der Waals surface area contributed by atoms with E-state index in [0.717, 1.165) is 37.3 Å². The van der Waals surface area contributed by atoms with Crippen LogP contribution in [-0.4, -0.2) is 23.9 Å². The van der Waals surface area contributed by atoms with E-state index in [1.807, 2.05) is 0 Å². The van der Waals surface area contributed by atoms with Crippen LogP contribution >= 0.6 is 0 Å². The van der Waals surface area contributed by atoms with Crippen molar-refractivity contribution in [1.29, 1.82) is 0 Å². The molecule has 3 rings (SSSR count). The van der Waals surface area contributed by atoms with E-state index in [4.69, 9.17) is 0 Å². The van der Waals surface area contributed by atoms with Crippen molar-refractivity contribution in [1.82, 2.24) is 4.90 Å². The number of hydrogen-bond donors (Lipinski definition) is 0. The first-order valence-corrected chi connectivity index (χ1v) is 7.10. The molecule has 0 aromatic carbocycles. The Bertz CT molecular complexity index is 270. The molecule has 1 heterocycles. The largest absolute Gasteiger partial charge is 0.343 e. The molecule has 2 bridgehead atoms. The van der Waals surface area contributed by atoms with Gasteiger partial charge >= 0.3 is 0 Å². The van der Waals surface area contributed by atoms with Crippen molar-refractivity contribution in [2.24, 2.45) is 17.8 Å². The second-order valence-electron chi connectivity index (χ2n) is 6.08. The first kappa shape index (κ1) is 10.6. The summed E-state index contributed by atoms with van der Waals surface area (Å²) in [5, 5.41) is 0. The maximum absolute atomic E-state index is 12.2. The Morgan fingerprint density at radius 1 is 1.06 bits per heavy atom. The molecule has 3 fully saturated rings. The smallest absolute Gasteiger partial charge is 0.222 e. The molecule has 0 N–H and O–H groups in total. The molecule has 0 unspecified atom stereocenters. The number of rotatable bonds is 2. The van der Waals surface area contributed by atoms with Gasteiger partial charge in [-0.2, -0.15) is 0 Å². The molecule has 1 aliphatic heterocycles. The first-order chi connectivity index (χ1) is 7.83. The summed E-state index contributed by atoms with van der Waals surface area (Å²) < 4.78 is 0. The van der Waals surface area contributed by atoms with E-state index in [1.54, 1.807) is 0 Å². The standard InChI is InChI=1S/C14H23NO/c16-14(15-6-2-1-3-7-15)10-13-9-11-4-5-12(13)8-11/h11-13H,1-10H2/t11-,12-,13-/m1/s1. The zero-order valence-corrected chi connectivity index (χ0v) is 10.2. The monoisotopic (exact) mass is 221 g/mol. The minimum Gasteiger partial charge on any atom is -0.343 e. The minimum absolute atomic E-state index is 0.456. The average molecular weight is 221 g/mol. The Kier molecular flexibility index (Phi) is 2.91. The summed E-state index contributed by atoms with van der Waals surface area (Å²) in [4.78, 5) is 14.3. The second-order valence-corrected chi connectivity index (χ2v) is 6.08. The van der Waals surface area contributed by atoms with E-state index in [9.17, 15) is 4.79 Å². The average Bonchev–Trinajstić information content (AvgIpc) is 2.92. The number of piperidine rings is 1. The van der Waals surface area contributed by atoms with Crippen molar-refractivity contribution < 1.29 is 4.79 Å². The molecule has 16 heavy (non-hydrogen) atoms. The van der Waals surface area contributed by atoms with E-state index in [0.29, 0.717) is 5.91 Å². The zero-order valence-electron chi connectivity index (χ0n) is 10.2. The highest BCUT2D eigenvalue weighted by Crippen LogP contribution is 2.49. The van der Waals surface area contributed by atoms with E-state index >= 15 is 0 Å². The maximum atomic E-state index is 12.2. The third kappa shape index (κ3) is 1.99. The van der Waals surface area contributed by atoms with Gasteiger partial charge in [-0.15, -0.1) is 0 Å². The number of amides is 1. The van der Waals surface area contributed by atoms with Crippen LogP contribution in [0.2, 0.25) is 0 Å². The highest BCUT2D eigenvalue weighted by molar-refractivity contribution is 5.76. The van der Waals surface area contributed by atoms with Gasteiger partial charge in [0, 0.05) is 19.5 Å². The summed E-state index contributed by atoms with van der Waals surface area (Å²) in [6.45, 7) is 2.05. The van der Waals surface area contributed by atoms with Crippen LogP contribution < -0.4 is 0 Å². The summed E-state index contributed by atoms with van der Waals surface area (Å²) in [5.74, 6) is 3.08. The maximum Gasteiger partial charge on any atom is 0.222 e. The van der Waals surface area contributed by atoms with Crippen LogP contribution in [0.4, 0.5) is 0 Å². The van der Waals surface area contributed by atoms with Crippen molar-refractivity contribution in [3.05, 3.63) is 0 Å². The summed E-state index contributed by atoms with van der Waals surface area (Å²) in [6, 6.07) is 0. The Labute approximate surface area is 98.4 Å². The van der Waals surface area contributed by atoms with Crippen LogP contribution in [0.15, 0.2) is 0 Å². The molecule has 1 amide bonds. The zero-order chi connectivity index (χ0) is 11.0. The van der Waals surface area contributed by atoms with Gasteiger partial charge in [-0.05, 0) is 56.3 Å². The molecule has 0 aromatic heterocycles. The molecule has 90 valence electrons. The van der Waals surface area contributed by atoms with Gasteiger partial charge in [0.1, 0.15) is 0 Å². The summed E-state index contributed by atoms with van der Waals surface area (Å²) >= 11 is 0. The quantitative estimate of drug-likeness (QED) is 0.702. The van der Waals surface area contributed by atoms with Crippen molar-refractivity contribution in [3.63, 3.8) is 0 Å². The van der Waals surface area contributed by atoms with Gasteiger partial charge in [0.2, 0.25) is 5.91 Å². The lowest BCUT2D eigenvalue weighted by Gasteiger charge is -2.29. The molecule has 2 saturated carbocycles. The third-order valence-corrected chi connectivity index (χ3v) is 5.03. The molecule has 2 nitrogen and oxygen atoms in total. The van der Waals surface area contributed by atoms with E-state index in [-0.39, 0.29) is 0 Å². The highest BCUT2D eigenvalue weighted by atomic mass is 16.2. The Hall–Kier alpha value is -0.530. The fourth-order valence-electron chi connectivity index (χ4n) is 4.12. The molecule has 1 saturated heterocycles. The molecular formula is C14H23NO. The molecule has 3 atom stereocenters. The minimum atomic E-state index is 0.456. The van der Waals surface area contributed by atoms with Crippen molar-refractivity contribution in [2.45, 2.75) is 51.4 Å². The van der Waals surface area contributed by atoms with Crippen LogP contribution in [-0.2, 0) is 4.79 Å². The van der Waals surface area contributed by atoms with Gasteiger partial charge in [0.15, 0.2) is 0 Å². The summed E-state index contributed by atoms with van der Waals surface area (Å²) in [7, 11) is 0. The Morgan fingerprint density at radius 2 is 1.88 bits per heavy atom. The number of likely N-dealkylation sites (tertiary alicyclic amines) is 1. The van der Waals surface area contributed by atoms with E-state index in [2.05, 4.69) is 4.90 Å². The molecule has 0 spiro atoms. The number of fused-ring (bicyclic) bond motifs is 2. The van der Waals surface area contributed by atoms with Crippen molar-refractivity contribution >= 4 is 5.91 Å². The molecule has 0 radical (unpaired) electrons. The number of carbonyl (C=O) groups is 1. The Morgan fingerprint density at radius 3 is 2.50 bits per heavy atom. The van der Waals surface area contributed by atoms with Crippen LogP contribution in [0.3, 0.4) is 0 Å². The lowest BCUT2D eigenvalue weighted by atomic mass is 9.86. The normalized spacial score (nSPS) is 38.0. The van der Waals surface area contributed by atoms with E-state index in [1.165, 1.54) is 44.9 Å². The van der Waals surface area contributed by atoms with Gasteiger partial charge < -0.3 is 4.90 Å². The SMILES string of the molecule is O=C(C[C@H]1C[C@@H]2CC[C@@H]1C2)N1CCCCC1. The van der Waals surface area contributed by atoms with Crippen LogP contribution in [0, 0.1) is 17.8 Å². The van der Waals surface area contributed by atoms with Crippen LogP contribution in [0.1, 0.15) is 51.4 Å². The highest BCUT2D eigenvalue weighted by Gasteiger charge is 2.40. The molecule has 2 aliphatic carbocycles. The van der Waals surface area contributed by atoms with Crippen molar-refractivity contribution in [3.8, 4) is 0 Å². The number of hydrogen-bond acceptors (Lipinski definition) is 1. The van der Waals surface area contributed by atoms with Gasteiger partial charge in [-0.25, -0.2) is 0 Å². The predicted octanol–water partition coefficient (Wildman–Crippen LogP) is 2.83. The summed E-state index contributed by atoms with van der Waals surface area (Å²) in [6.07, 6.45) is 10.3. The third-order valence-electron chi connectivity index (χ3n) is 5.03. The summed E-state index contributed by atoms with van der Waals surface area (Å²) in [5.41, 5.74) is 0. The Balaban J connectivity index is 1.52. The van der Waals surface area contributed by atoms with Gasteiger partial charge in [-0.1, -0.05) is 6.42 Å². The molecule has 2 heteroatoms. The van der Waals surface area contributed by atoms with Crippen LogP contribution in [0.5, 0.6) is 0 Å². The lowest BCUT2D eigenvalue weighted by Crippen LogP contribution is -2.37. The topological polar surface area (TPSA) is 20.3 Å². The van der Waals surface area contributed by atoms with E-state index < -0.39 is 0 Å². The predicted molar refractivity (Wildman–Crippen MR) is 64.0 cm³/mol. The first-order valence-electron chi connectivity index (χ1n) is 7.10. The molecule has 3 aliphatic rings. The fourth-order valence-corrected chi connectivity index (χ4v) is 4.12. The molecule has 0 aromatic rings. The van der Waals surface area contributed by atoms with Gasteiger partial charge in [0.05, 0.1) is 0 Å². The van der Waals surface area contributed by atoms with Gasteiger partial charge in [0.25, 0.3) is 0 Å². The van der Waals surface area contributed by atoms with Gasteiger partial charge in [-0.3, -0.25) is 4.79 Å². The second kappa shape index (κ2) is 4.38. The van der Waals surface area contributed by atoms with Crippen LogP contribution in [0.25, 0.3) is 0 Å². The number of carbonyl (C=O) groups excluding carboxylic acids is 1. The fraction of sp³-hybridized carbons (Fsp3) is 0.929. The lowest BCUT2D eigenvalue weighted by molar-refractivity contribution is -0.133. The number of nitrogens with zero attached hydrogens (tertiary/aromatic N) is 1. The van der Waals surface area contributed by atoms with Crippen molar-refractivity contribution in [2.75, 3.05) is 13.1 Å².